The summed E-state index contributed by atoms with van der Waals surface area (Å²) in [4.78, 5) is 4.04. The van der Waals surface area contributed by atoms with E-state index in [0.29, 0.717) is 35.5 Å². The van der Waals surface area contributed by atoms with Gasteiger partial charge in [0, 0.05) is 16.3 Å². The molecule has 0 saturated carbocycles. The zero-order valence-electron chi connectivity index (χ0n) is 19.5. The van der Waals surface area contributed by atoms with Crippen LogP contribution in [0.15, 0.2) is 88.1 Å². The van der Waals surface area contributed by atoms with E-state index >= 15 is 0 Å². The summed E-state index contributed by atoms with van der Waals surface area (Å²) in [6.45, 7) is 4.28. The van der Waals surface area contributed by atoms with Crippen LogP contribution in [0.4, 0.5) is 17.1 Å². The average molecular weight is 506 g/mol. The van der Waals surface area contributed by atoms with Gasteiger partial charge in [-0.2, -0.15) is 0 Å². The summed E-state index contributed by atoms with van der Waals surface area (Å²) in [7, 11) is -4.73. The van der Waals surface area contributed by atoms with Crippen LogP contribution < -0.4 is 69.6 Å². The minimum atomic E-state index is -4.73. The number of ether oxygens (including phenoxy) is 1. The Bertz CT molecular complexity index is 1450. The van der Waals surface area contributed by atoms with Gasteiger partial charge in [0.05, 0.1) is 29.1 Å². The molecular weight excluding hydrogens is 486 g/mol. The molecule has 168 valence electrons. The van der Waals surface area contributed by atoms with Gasteiger partial charge in [0.15, 0.2) is 0 Å². The van der Waals surface area contributed by atoms with E-state index in [4.69, 9.17) is 10.5 Å². The number of fused-ring (bicyclic) bond motifs is 1. The van der Waals surface area contributed by atoms with Crippen LogP contribution in [0.1, 0.15) is 6.42 Å². The third-order valence-corrected chi connectivity index (χ3v) is 5.76. The fourth-order valence-electron chi connectivity index (χ4n) is 3.34. The first-order chi connectivity index (χ1) is 15.9. The van der Waals surface area contributed by atoms with Gasteiger partial charge in [0.2, 0.25) is 0 Å². The van der Waals surface area contributed by atoms with Crippen LogP contribution >= 0.6 is 0 Å². The molecule has 3 aromatic carbocycles. The van der Waals surface area contributed by atoms with E-state index in [-0.39, 0.29) is 75.9 Å². The van der Waals surface area contributed by atoms with E-state index < -0.39 is 15.0 Å². The largest absolute Gasteiger partial charge is 1.00 e. The first-order valence-corrected chi connectivity index (χ1v) is 11.5. The van der Waals surface area contributed by atoms with Gasteiger partial charge in [-0.25, -0.2) is 8.42 Å². The fraction of sp³-hybridized carbons (Fsp3) is 0.0833. The summed E-state index contributed by atoms with van der Waals surface area (Å²) in [5.74, 6) is 0.707. The smallest absolute Gasteiger partial charge is 0.744 e. The molecule has 8 nitrogen and oxygen atoms in total. The van der Waals surface area contributed by atoms with Gasteiger partial charge in [0.1, 0.15) is 27.2 Å². The normalized spacial score (nSPS) is 11.1. The van der Waals surface area contributed by atoms with E-state index in [2.05, 4.69) is 22.1 Å². The minimum Gasteiger partial charge on any atom is -0.744 e. The van der Waals surface area contributed by atoms with Crippen LogP contribution in [-0.4, -0.2) is 24.6 Å². The van der Waals surface area contributed by atoms with Crippen molar-refractivity contribution in [3.05, 3.63) is 79.9 Å². The Balaban J connectivity index is 0.00000216. The molecule has 1 heterocycles. The summed E-state index contributed by atoms with van der Waals surface area (Å²) < 4.78 is 41.0. The van der Waals surface area contributed by atoms with Crippen LogP contribution in [-0.2, 0) is 10.1 Å². The summed E-state index contributed by atoms with van der Waals surface area (Å²) in [5, 5.41) is 8.86. The number of anilines is 1. The van der Waals surface area contributed by atoms with Crippen molar-refractivity contribution in [2.75, 3.05) is 12.3 Å². The predicted octanol–water partition coefficient (Wildman–Crippen LogP) is -0.586. The molecule has 0 atom stereocenters. The SMILES string of the molecule is [CH2-]CCOc1ccccc1-c1ccc(N=Nc2cc(S(=O)(=O)[O-])c3ccccc3c2N)cn1.[Na+].[Na+]. The van der Waals surface area contributed by atoms with Crippen molar-refractivity contribution in [1.29, 1.82) is 0 Å². The van der Waals surface area contributed by atoms with E-state index in [1.54, 1.807) is 30.3 Å². The molecule has 11 heteroatoms. The van der Waals surface area contributed by atoms with Crippen LogP contribution in [0, 0.1) is 6.92 Å². The van der Waals surface area contributed by atoms with Gasteiger partial charge in [0.25, 0.3) is 0 Å². The number of nitrogens with zero attached hydrogens (tertiary/aromatic N) is 3. The number of nitrogen functional groups attached to an aromatic ring is 1. The third-order valence-electron chi connectivity index (χ3n) is 4.88. The Labute approximate surface area is 248 Å². The van der Waals surface area contributed by atoms with Crippen LogP contribution in [0.3, 0.4) is 0 Å². The molecule has 0 unspecified atom stereocenters. The number of hydrogen-bond donors (Lipinski definition) is 1. The van der Waals surface area contributed by atoms with Gasteiger partial charge >= 0.3 is 59.1 Å². The number of aromatic nitrogens is 1. The van der Waals surface area contributed by atoms with Gasteiger partial charge in [-0.15, -0.1) is 16.6 Å². The topological polar surface area (TPSA) is 130 Å². The van der Waals surface area contributed by atoms with Crippen LogP contribution in [0.5, 0.6) is 5.75 Å². The number of rotatable bonds is 7. The Morgan fingerprint density at radius 2 is 1.66 bits per heavy atom. The van der Waals surface area contributed by atoms with Crippen LogP contribution in [0.2, 0.25) is 0 Å². The summed E-state index contributed by atoms with van der Waals surface area (Å²) in [5.41, 5.74) is 8.42. The van der Waals surface area contributed by atoms with Crippen LogP contribution in [0.25, 0.3) is 22.0 Å². The van der Waals surface area contributed by atoms with Crippen molar-refractivity contribution in [2.45, 2.75) is 11.3 Å². The van der Waals surface area contributed by atoms with Gasteiger partial charge < -0.3 is 21.9 Å². The zero-order chi connectivity index (χ0) is 23.4. The van der Waals surface area contributed by atoms with Crippen molar-refractivity contribution in [1.82, 2.24) is 4.98 Å². The first-order valence-electron chi connectivity index (χ1n) is 10.0. The van der Waals surface area contributed by atoms with E-state index in [1.165, 1.54) is 12.3 Å². The molecule has 4 aromatic rings. The second-order valence-corrected chi connectivity index (χ2v) is 8.46. The van der Waals surface area contributed by atoms with Crippen molar-refractivity contribution in [2.24, 2.45) is 10.2 Å². The Morgan fingerprint density at radius 1 is 0.971 bits per heavy atom. The molecule has 2 N–H and O–H groups in total. The number of para-hydroxylation sites is 1. The summed E-state index contributed by atoms with van der Waals surface area (Å²) >= 11 is 0. The summed E-state index contributed by atoms with van der Waals surface area (Å²) in [6.07, 6.45) is 2.17. The quantitative estimate of drug-likeness (QED) is 0.117. The number of azo groups is 1. The molecule has 0 fully saturated rings. The number of nitrogens with two attached hydrogens (primary N) is 1. The monoisotopic (exact) mass is 506 g/mol. The number of hydrogen-bond acceptors (Lipinski definition) is 8. The molecule has 1 aromatic heterocycles. The van der Waals surface area contributed by atoms with Crippen molar-refractivity contribution >= 4 is 38.0 Å². The molecule has 0 aliphatic rings. The van der Waals surface area contributed by atoms with E-state index in [0.717, 1.165) is 11.6 Å². The second kappa shape index (κ2) is 12.9. The fourth-order valence-corrected chi connectivity index (χ4v) is 4.05. The predicted molar refractivity (Wildman–Crippen MR) is 126 cm³/mol. The van der Waals surface area contributed by atoms with Crippen molar-refractivity contribution in [3.63, 3.8) is 0 Å². The first kappa shape index (κ1) is 29.4. The molecule has 0 amide bonds. The molecular formula is C24H20N4Na2O4S. The molecule has 0 radical (unpaired) electrons. The van der Waals surface area contributed by atoms with E-state index in [9.17, 15) is 13.0 Å². The molecule has 0 aliphatic heterocycles. The van der Waals surface area contributed by atoms with Crippen molar-refractivity contribution in [3.8, 4) is 17.0 Å². The van der Waals surface area contributed by atoms with E-state index in [1.807, 2.05) is 24.3 Å². The molecule has 4 rings (SSSR count). The molecule has 0 aliphatic carbocycles. The molecule has 0 bridgehead atoms. The maximum Gasteiger partial charge on any atom is 1.00 e. The second-order valence-electron chi connectivity index (χ2n) is 7.11. The molecule has 0 saturated heterocycles. The number of pyridine rings is 1. The number of benzene rings is 3. The Hall–Kier alpha value is -1.82. The van der Waals surface area contributed by atoms with Gasteiger partial charge in [-0.1, -0.05) is 36.4 Å². The standard InChI is InChI=1S/C24H21N4O4S.2Na/c1-2-13-32-22-10-6-5-9-19(22)20-12-11-16(15-26-20)27-28-21-14-23(33(29,30)31)17-7-3-4-8-18(17)24(21)25;;/h3-12,14-15H,1-2,13,25H2,(H,29,30,31);;/q-1;2*+1/p-1. The average Bonchev–Trinajstić information content (AvgIpc) is 2.82. The molecule has 0 spiro atoms. The third kappa shape index (κ3) is 6.90. The Morgan fingerprint density at radius 3 is 2.31 bits per heavy atom. The Kier molecular flexibility index (Phi) is 10.9. The maximum atomic E-state index is 11.8. The van der Waals surface area contributed by atoms with Crippen molar-refractivity contribution < 1.29 is 76.8 Å². The van der Waals surface area contributed by atoms with Gasteiger partial charge in [-0.3, -0.25) is 4.98 Å². The molecule has 35 heavy (non-hydrogen) atoms. The summed E-state index contributed by atoms with van der Waals surface area (Å²) in [6, 6.07) is 18.7. The zero-order valence-corrected chi connectivity index (χ0v) is 24.3. The minimum absolute atomic E-state index is 0. The van der Waals surface area contributed by atoms with Gasteiger partial charge in [-0.05, 0) is 30.3 Å². The maximum absolute atomic E-state index is 11.8.